The molecule has 0 atom stereocenters. The molecular formula is C56H55Cl2N3. The zero-order chi connectivity index (χ0) is 43.3. The summed E-state index contributed by atoms with van der Waals surface area (Å²) in [5.74, 6) is 0. The molecule has 0 saturated carbocycles. The number of anilines is 6. The Bertz CT molecular complexity index is 2740. The van der Waals surface area contributed by atoms with Gasteiger partial charge in [0.2, 0.25) is 0 Å². The summed E-state index contributed by atoms with van der Waals surface area (Å²) in [6.45, 7) is 20.3. The molecule has 308 valence electrons. The molecule has 5 heteroatoms. The average Bonchev–Trinajstić information content (AvgIpc) is 3.59. The number of aromatic nitrogens is 1. The van der Waals surface area contributed by atoms with Crippen LogP contribution in [0.3, 0.4) is 0 Å². The summed E-state index contributed by atoms with van der Waals surface area (Å²) in [5.41, 5.74) is 14.3. The molecule has 3 nitrogen and oxygen atoms in total. The fraction of sp³-hybridized carbons (Fsp3) is 0.214. The largest absolute Gasteiger partial charge is 0.314 e. The summed E-state index contributed by atoms with van der Waals surface area (Å²) in [7, 11) is 0. The lowest BCUT2D eigenvalue weighted by molar-refractivity contribution is 0.590. The van der Waals surface area contributed by atoms with Gasteiger partial charge in [-0.25, -0.2) is 0 Å². The first kappa shape index (κ1) is 42.0. The van der Waals surface area contributed by atoms with Gasteiger partial charge < -0.3 is 14.4 Å². The molecule has 0 bridgehead atoms. The summed E-state index contributed by atoms with van der Waals surface area (Å²) in [6.07, 6.45) is 2.24. The van der Waals surface area contributed by atoms with E-state index < -0.39 is 0 Å². The molecular weight excluding hydrogens is 786 g/mol. The highest BCUT2D eigenvalue weighted by Gasteiger charge is 2.24. The van der Waals surface area contributed by atoms with Crippen molar-refractivity contribution in [3.63, 3.8) is 0 Å². The maximum Gasteiger partial charge on any atom is 0.0721 e. The van der Waals surface area contributed by atoms with Crippen LogP contribution < -0.4 is 9.80 Å². The Morgan fingerprint density at radius 1 is 0.393 bits per heavy atom. The lowest BCUT2D eigenvalue weighted by atomic mass is 9.86. The van der Waals surface area contributed by atoms with Gasteiger partial charge in [-0.3, -0.25) is 0 Å². The van der Waals surface area contributed by atoms with Crippen LogP contribution in [-0.2, 0) is 16.2 Å². The maximum absolute atomic E-state index is 7.21. The predicted octanol–water partition coefficient (Wildman–Crippen LogP) is 17.4. The van der Waals surface area contributed by atoms with E-state index in [0.29, 0.717) is 10.0 Å². The van der Waals surface area contributed by atoms with Gasteiger partial charge in [-0.2, -0.15) is 0 Å². The predicted molar refractivity (Wildman–Crippen MR) is 264 cm³/mol. The van der Waals surface area contributed by atoms with Crippen LogP contribution in [0.25, 0.3) is 27.7 Å². The highest BCUT2D eigenvalue weighted by atomic mass is 35.5. The molecule has 0 N–H and O–H groups in total. The lowest BCUT2D eigenvalue weighted by Crippen LogP contribution is -2.14. The monoisotopic (exact) mass is 839 g/mol. The summed E-state index contributed by atoms with van der Waals surface area (Å²) in [5, 5.41) is 2.41. The third-order valence-corrected chi connectivity index (χ3v) is 12.0. The number of halogens is 2. The molecule has 0 radical (unpaired) electrons. The van der Waals surface area contributed by atoms with Crippen LogP contribution in [0, 0.1) is 0 Å². The number of rotatable bonds is 8. The van der Waals surface area contributed by atoms with Crippen molar-refractivity contribution in [1.29, 1.82) is 0 Å². The highest BCUT2D eigenvalue weighted by Crippen LogP contribution is 2.45. The number of hydrogen-bond acceptors (Lipinski definition) is 2. The molecule has 7 aromatic carbocycles. The highest BCUT2D eigenvalue weighted by molar-refractivity contribution is 6.31. The van der Waals surface area contributed by atoms with Gasteiger partial charge in [0.25, 0.3) is 0 Å². The van der Waals surface area contributed by atoms with Crippen LogP contribution >= 0.6 is 23.2 Å². The van der Waals surface area contributed by atoms with Gasteiger partial charge in [0, 0.05) is 55.8 Å². The number of fused-ring (bicyclic) bond motifs is 1. The Morgan fingerprint density at radius 3 is 1.41 bits per heavy atom. The van der Waals surface area contributed by atoms with E-state index in [1.165, 1.54) is 16.7 Å². The fourth-order valence-corrected chi connectivity index (χ4v) is 8.47. The van der Waals surface area contributed by atoms with Crippen molar-refractivity contribution in [2.75, 3.05) is 9.80 Å². The quantitative estimate of drug-likeness (QED) is 0.151. The average molecular weight is 841 g/mol. The summed E-state index contributed by atoms with van der Waals surface area (Å²) >= 11 is 14.0. The molecule has 1 heterocycles. The van der Waals surface area contributed by atoms with Crippen LogP contribution in [0.2, 0.25) is 10.0 Å². The SMILES string of the molecule is CC(C)(C)c1ccc(N(c2ccc(C(C)(C)C)cc2)c2cc(Cl)cc(-n3cc(N(c4ccc(C(C)(C)C)cc4)c4cccc(Cl)c4)c4cc(-c5ccccc5)ccc43)c2)cc1. The minimum atomic E-state index is 0.0153. The second-order valence-corrected chi connectivity index (χ2v) is 20.1. The molecule has 0 aliphatic carbocycles. The summed E-state index contributed by atoms with van der Waals surface area (Å²) in [4.78, 5) is 4.63. The topological polar surface area (TPSA) is 11.4 Å². The van der Waals surface area contributed by atoms with Gasteiger partial charge in [0.1, 0.15) is 0 Å². The minimum Gasteiger partial charge on any atom is -0.314 e. The standard InChI is InChI=1S/C56H55Cl2N3/c1-54(2,3)40-19-25-45(26-20-40)60(46-27-21-41(22-28-46)55(4,5)6)50-35-44(58)34-49(36-50)59-37-53(51-32-39(18-31-52(51)59)38-14-11-10-12-15-38)61(48-17-13-16-43(57)33-48)47-29-23-42(24-30-47)56(7,8)9/h10-37H,1-9H3. The fourth-order valence-electron chi connectivity index (χ4n) is 8.06. The molecule has 0 aliphatic rings. The third-order valence-electron chi connectivity index (χ3n) is 11.6. The van der Waals surface area contributed by atoms with Gasteiger partial charge in [-0.15, -0.1) is 0 Å². The molecule has 0 unspecified atom stereocenters. The second-order valence-electron chi connectivity index (χ2n) is 19.2. The van der Waals surface area contributed by atoms with Crippen LogP contribution in [0.1, 0.15) is 79.0 Å². The van der Waals surface area contributed by atoms with E-state index in [0.717, 1.165) is 61.8 Å². The van der Waals surface area contributed by atoms with Crippen LogP contribution in [-0.4, -0.2) is 4.57 Å². The van der Waals surface area contributed by atoms with Gasteiger partial charge in [0.05, 0.1) is 11.2 Å². The first-order chi connectivity index (χ1) is 28.9. The van der Waals surface area contributed by atoms with Gasteiger partial charge in [0.15, 0.2) is 0 Å². The minimum absolute atomic E-state index is 0.0153. The van der Waals surface area contributed by atoms with Crippen molar-refractivity contribution in [2.45, 2.75) is 78.6 Å². The summed E-state index contributed by atoms with van der Waals surface area (Å²) < 4.78 is 2.28. The van der Waals surface area contributed by atoms with E-state index in [1.807, 2.05) is 18.2 Å². The molecule has 0 aliphatic heterocycles. The molecule has 1 aromatic heterocycles. The van der Waals surface area contributed by atoms with E-state index in [1.54, 1.807) is 0 Å². The number of benzene rings is 7. The Labute approximate surface area is 372 Å². The molecule has 61 heavy (non-hydrogen) atoms. The Balaban J connectivity index is 1.35. The molecule has 8 aromatic rings. The van der Waals surface area contributed by atoms with Crippen molar-refractivity contribution < 1.29 is 0 Å². The molecule has 0 amide bonds. The van der Waals surface area contributed by atoms with Crippen LogP contribution in [0.4, 0.5) is 34.1 Å². The summed E-state index contributed by atoms with van der Waals surface area (Å²) in [6, 6.07) is 58.6. The maximum atomic E-state index is 7.21. The van der Waals surface area contributed by atoms with E-state index in [4.69, 9.17) is 23.2 Å². The zero-order valence-corrected chi connectivity index (χ0v) is 38.3. The van der Waals surface area contributed by atoms with Crippen molar-refractivity contribution >= 4 is 68.2 Å². The van der Waals surface area contributed by atoms with E-state index in [2.05, 4.69) is 228 Å². The van der Waals surface area contributed by atoms with Gasteiger partial charge in [-0.1, -0.05) is 164 Å². The Hall–Kier alpha value is -5.74. The second kappa shape index (κ2) is 16.3. The zero-order valence-electron chi connectivity index (χ0n) is 36.8. The van der Waals surface area contributed by atoms with E-state index in [9.17, 15) is 0 Å². The normalized spacial score (nSPS) is 12.2. The smallest absolute Gasteiger partial charge is 0.0721 e. The molecule has 0 saturated heterocycles. The lowest BCUT2D eigenvalue weighted by Gasteiger charge is -2.28. The number of hydrogen-bond donors (Lipinski definition) is 0. The Kier molecular flexibility index (Phi) is 11.2. The molecule has 0 spiro atoms. The van der Waals surface area contributed by atoms with E-state index >= 15 is 0 Å². The van der Waals surface area contributed by atoms with Crippen LogP contribution in [0.5, 0.6) is 0 Å². The molecule has 0 fully saturated rings. The van der Waals surface area contributed by atoms with Crippen molar-refractivity contribution in [1.82, 2.24) is 4.57 Å². The Morgan fingerprint density at radius 2 is 0.902 bits per heavy atom. The first-order valence-electron chi connectivity index (χ1n) is 21.1. The van der Waals surface area contributed by atoms with Crippen molar-refractivity contribution in [3.05, 3.63) is 197 Å². The van der Waals surface area contributed by atoms with Crippen LogP contribution in [0.15, 0.2) is 170 Å². The van der Waals surface area contributed by atoms with Crippen molar-refractivity contribution in [3.8, 4) is 16.8 Å². The van der Waals surface area contributed by atoms with E-state index in [-0.39, 0.29) is 16.2 Å². The first-order valence-corrected chi connectivity index (χ1v) is 21.9. The third kappa shape index (κ3) is 8.87. The molecule has 8 rings (SSSR count). The van der Waals surface area contributed by atoms with Gasteiger partial charge in [-0.05, 0) is 129 Å². The van der Waals surface area contributed by atoms with Crippen molar-refractivity contribution in [2.24, 2.45) is 0 Å². The number of nitrogens with zero attached hydrogens (tertiary/aromatic N) is 3. The van der Waals surface area contributed by atoms with Gasteiger partial charge >= 0.3 is 0 Å².